The van der Waals surface area contributed by atoms with Crippen LogP contribution >= 0.6 is 0 Å². The summed E-state index contributed by atoms with van der Waals surface area (Å²) in [5, 5.41) is 0. The van der Waals surface area contributed by atoms with E-state index in [1.807, 2.05) is 42.5 Å². The van der Waals surface area contributed by atoms with E-state index >= 15 is 0 Å². The predicted octanol–water partition coefficient (Wildman–Crippen LogP) is 4.77. The summed E-state index contributed by atoms with van der Waals surface area (Å²) in [7, 11) is 1.62. The van der Waals surface area contributed by atoms with Gasteiger partial charge in [0, 0.05) is 31.4 Å². The fraction of sp³-hybridized carbons (Fsp3) is 0.548. The molecule has 5 rings (SSSR count). The Kier molecular flexibility index (Phi) is 9.04. The number of benzene rings is 2. The van der Waals surface area contributed by atoms with Gasteiger partial charge in [-0.3, -0.25) is 4.79 Å². The number of methoxy groups -OCH3 is 1. The van der Waals surface area contributed by atoms with Crippen LogP contribution in [0.2, 0.25) is 0 Å². The van der Waals surface area contributed by atoms with Crippen molar-refractivity contribution in [2.45, 2.75) is 82.8 Å². The molecule has 3 aliphatic rings. The van der Waals surface area contributed by atoms with Gasteiger partial charge in [0.2, 0.25) is 0 Å². The summed E-state index contributed by atoms with van der Waals surface area (Å²) in [5.41, 5.74) is 2.61. The lowest BCUT2D eigenvalue weighted by atomic mass is 9.91. The molecule has 0 radical (unpaired) electrons. The van der Waals surface area contributed by atoms with Gasteiger partial charge in [0.05, 0.1) is 33.0 Å². The van der Waals surface area contributed by atoms with Gasteiger partial charge in [0.25, 0.3) is 5.91 Å². The van der Waals surface area contributed by atoms with Gasteiger partial charge in [0.15, 0.2) is 17.6 Å². The minimum Gasteiger partial charge on any atom is -0.493 e. The predicted molar refractivity (Wildman–Crippen MR) is 145 cm³/mol. The first-order valence-electron chi connectivity index (χ1n) is 14.2. The Hall–Kier alpha value is -3.10. The highest BCUT2D eigenvalue weighted by molar-refractivity contribution is 5.89. The van der Waals surface area contributed by atoms with Crippen LogP contribution in [0.5, 0.6) is 11.5 Å². The first-order valence-corrected chi connectivity index (χ1v) is 14.2. The quantitative estimate of drug-likeness (QED) is 0.426. The fourth-order valence-electron chi connectivity index (χ4n) is 5.82. The number of carbonyl (C=O) groups is 2. The van der Waals surface area contributed by atoms with E-state index in [-0.39, 0.29) is 37.7 Å². The van der Waals surface area contributed by atoms with Crippen molar-refractivity contribution in [1.82, 2.24) is 4.90 Å². The van der Waals surface area contributed by atoms with Gasteiger partial charge in [-0.05, 0) is 37.0 Å². The first kappa shape index (κ1) is 27.5. The van der Waals surface area contributed by atoms with E-state index in [0.717, 1.165) is 55.2 Å². The van der Waals surface area contributed by atoms with Crippen LogP contribution in [-0.4, -0.2) is 62.0 Å². The summed E-state index contributed by atoms with van der Waals surface area (Å²) in [6, 6.07) is 12.6. The van der Waals surface area contributed by atoms with Crippen molar-refractivity contribution in [3.8, 4) is 11.5 Å². The zero-order valence-electron chi connectivity index (χ0n) is 22.9. The zero-order chi connectivity index (χ0) is 27.2. The number of hydrogen-bond donors (Lipinski definition) is 0. The maximum Gasteiger partial charge on any atom is 0.329 e. The number of hydrogen-bond acceptors (Lipinski definition) is 7. The number of esters is 1. The second-order valence-corrected chi connectivity index (χ2v) is 10.4. The van der Waals surface area contributed by atoms with Crippen LogP contribution in [0.4, 0.5) is 0 Å². The third-order valence-electron chi connectivity index (χ3n) is 7.91. The van der Waals surface area contributed by atoms with E-state index in [1.54, 1.807) is 18.9 Å². The van der Waals surface area contributed by atoms with Crippen molar-refractivity contribution in [2.24, 2.45) is 0 Å². The lowest BCUT2D eigenvalue weighted by Crippen LogP contribution is -2.51. The average molecular weight is 538 g/mol. The number of nitrogens with zero attached hydrogens (tertiary/aromatic N) is 1. The van der Waals surface area contributed by atoms with Crippen LogP contribution < -0.4 is 9.47 Å². The molecule has 1 saturated carbocycles. The Bertz CT molecular complexity index is 1130. The van der Waals surface area contributed by atoms with Crippen LogP contribution in [0.15, 0.2) is 42.5 Å². The highest BCUT2D eigenvalue weighted by Gasteiger charge is 2.41. The summed E-state index contributed by atoms with van der Waals surface area (Å²) in [6.07, 6.45) is 5.17. The molecule has 1 aliphatic carbocycles. The molecular weight excluding hydrogens is 498 g/mol. The zero-order valence-corrected chi connectivity index (χ0v) is 22.9. The lowest BCUT2D eigenvalue weighted by molar-refractivity contribution is -0.163. The molecule has 8 heteroatoms. The standard InChI is InChI=1S/C31H39NO7/c1-3-37-31(34)26-19-25-22(13-14-27(35-2)29(25)39-24-15-17-36-18-16-24)20-32(26)30(33)28(21-9-5-4-6-10-21)38-23-11-7-8-12-23/h4-6,9-10,13-14,23-24,26,28H,3,7-8,11-12,15-20H2,1-2H3/t26-,28?/m0/s1. The second kappa shape index (κ2) is 12.8. The lowest BCUT2D eigenvalue weighted by Gasteiger charge is -2.39. The van der Waals surface area contributed by atoms with E-state index in [0.29, 0.717) is 24.7 Å². The van der Waals surface area contributed by atoms with Gasteiger partial charge in [0.1, 0.15) is 12.1 Å². The highest BCUT2D eigenvalue weighted by atomic mass is 16.5. The molecule has 0 spiro atoms. The molecule has 2 aliphatic heterocycles. The van der Waals surface area contributed by atoms with Crippen LogP contribution in [0.3, 0.4) is 0 Å². The number of rotatable bonds is 9. The first-order chi connectivity index (χ1) is 19.1. The van der Waals surface area contributed by atoms with Crippen molar-refractivity contribution in [2.75, 3.05) is 26.9 Å². The van der Waals surface area contributed by atoms with Crippen molar-refractivity contribution in [3.63, 3.8) is 0 Å². The van der Waals surface area contributed by atoms with Gasteiger partial charge in [-0.1, -0.05) is 49.2 Å². The minimum atomic E-state index is -0.799. The number of carbonyl (C=O) groups excluding carboxylic acids is 2. The molecular formula is C31H39NO7. The van der Waals surface area contributed by atoms with Crippen LogP contribution in [0.25, 0.3) is 0 Å². The van der Waals surface area contributed by atoms with Crippen molar-refractivity contribution in [3.05, 3.63) is 59.2 Å². The third-order valence-corrected chi connectivity index (χ3v) is 7.91. The molecule has 2 heterocycles. The maximum absolute atomic E-state index is 14.3. The Labute approximate surface area is 230 Å². The molecule has 2 aromatic rings. The SMILES string of the molecule is CCOC(=O)[C@@H]1Cc2c(ccc(OC)c2OC2CCOCC2)CN1C(=O)C(OC1CCCC1)c1ccccc1. The average Bonchev–Trinajstić information content (AvgIpc) is 3.50. The van der Waals surface area contributed by atoms with Gasteiger partial charge < -0.3 is 28.6 Å². The van der Waals surface area contributed by atoms with E-state index in [4.69, 9.17) is 23.7 Å². The maximum atomic E-state index is 14.3. The molecule has 2 atom stereocenters. The van der Waals surface area contributed by atoms with E-state index in [2.05, 4.69) is 0 Å². The highest BCUT2D eigenvalue weighted by Crippen LogP contribution is 2.41. The molecule has 1 unspecified atom stereocenters. The van der Waals surface area contributed by atoms with Crippen molar-refractivity contribution >= 4 is 11.9 Å². The number of fused-ring (bicyclic) bond motifs is 1. The van der Waals surface area contributed by atoms with E-state index in [9.17, 15) is 9.59 Å². The van der Waals surface area contributed by atoms with E-state index < -0.39 is 18.1 Å². The molecule has 0 aromatic heterocycles. The largest absolute Gasteiger partial charge is 0.493 e. The molecule has 0 bridgehead atoms. The molecule has 2 fully saturated rings. The Morgan fingerprint density at radius 3 is 2.44 bits per heavy atom. The molecule has 8 nitrogen and oxygen atoms in total. The summed E-state index contributed by atoms with van der Waals surface area (Å²) in [4.78, 5) is 29.2. The van der Waals surface area contributed by atoms with Crippen LogP contribution in [0.1, 0.15) is 68.2 Å². The van der Waals surface area contributed by atoms with Crippen LogP contribution in [-0.2, 0) is 36.8 Å². The second-order valence-electron chi connectivity index (χ2n) is 10.4. The minimum absolute atomic E-state index is 0.00197. The van der Waals surface area contributed by atoms with Crippen molar-refractivity contribution < 1.29 is 33.3 Å². The van der Waals surface area contributed by atoms with Gasteiger partial charge >= 0.3 is 5.97 Å². The van der Waals surface area contributed by atoms with Crippen LogP contribution in [0, 0.1) is 0 Å². The number of ether oxygens (including phenoxy) is 5. The Morgan fingerprint density at radius 1 is 1.00 bits per heavy atom. The van der Waals surface area contributed by atoms with Crippen molar-refractivity contribution in [1.29, 1.82) is 0 Å². The summed E-state index contributed by atoms with van der Waals surface area (Å²) in [6.45, 7) is 3.56. The van der Waals surface area contributed by atoms with Gasteiger partial charge in [-0.25, -0.2) is 4.79 Å². The van der Waals surface area contributed by atoms with E-state index in [1.165, 1.54) is 0 Å². The summed E-state index contributed by atoms with van der Waals surface area (Å²) >= 11 is 0. The van der Waals surface area contributed by atoms with Gasteiger partial charge in [-0.15, -0.1) is 0 Å². The number of amides is 1. The topological polar surface area (TPSA) is 83.5 Å². The molecule has 210 valence electrons. The smallest absolute Gasteiger partial charge is 0.329 e. The molecule has 2 aromatic carbocycles. The fourth-order valence-corrected chi connectivity index (χ4v) is 5.82. The monoisotopic (exact) mass is 537 g/mol. The third kappa shape index (κ3) is 6.23. The normalized spacial score (nSPS) is 20.8. The Balaban J connectivity index is 1.49. The Morgan fingerprint density at radius 2 is 1.74 bits per heavy atom. The molecule has 1 saturated heterocycles. The molecule has 0 N–H and O–H groups in total. The summed E-state index contributed by atoms with van der Waals surface area (Å²) < 4.78 is 29.6. The summed E-state index contributed by atoms with van der Waals surface area (Å²) in [5.74, 6) is 0.614. The van der Waals surface area contributed by atoms with Gasteiger partial charge in [-0.2, -0.15) is 0 Å². The molecule has 39 heavy (non-hydrogen) atoms. The molecule has 1 amide bonds.